The Morgan fingerprint density at radius 2 is 2.31 bits per heavy atom. The summed E-state index contributed by atoms with van der Waals surface area (Å²) in [7, 11) is 0. The molecular formula is C10H10FN3O2. The van der Waals surface area contributed by atoms with Gasteiger partial charge >= 0.3 is 0 Å². The van der Waals surface area contributed by atoms with Gasteiger partial charge in [-0.05, 0) is 18.2 Å². The van der Waals surface area contributed by atoms with Crippen molar-refractivity contribution in [2.24, 2.45) is 11.5 Å². The zero-order valence-corrected chi connectivity index (χ0v) is 8.31. The SMILES string of the molecule is N#Cc1ccc(OCC(N)C(N)=O)c(F)c1. The first-order valence-corrected chi connectivity index (χ1v) is 4.42. The molecule has 0 heterocycles. The Balaban J connectivity index is 2.69. The lowest BCUT2D eigenvalue weighted by atomic mass is 10.2. The molecule has 5 nitrogen and oxygen atoms in total. The van der Waals surface area contributed by atoms with Crippen LogP contribution in [-0.2, 0) is 4.79 Å². The maximum Gasteiger partial charge on any atom is 0.237 e. The van der Waals surface area contributed by atoms with E-state index in [2.05, 4.69) is 0 Å². The smallest absolute Gasteiger partial charge is 0.237 e. The summed E-state index contributed by atoms with van der Waals surface area (Å²) < 4.78 is 18.2. The van der Waals surface area contributed by atoms with Crippen molar-refractivity contribution in [2.45, 2.75) is 6.04 Å². The highest BCUT2D eigenvalue weighted by atomic mass is 19.1. The Bertz CT molecular complexity index is 442. The fourth-order valence-corrected chi connectivity index (χ4v) is 0.949. The maximum absolute atomic E-state index is 13.3. The molecule has 0 aliphatic heterocycles. The molecule has 0 fully saturated rings. The summed E-state index contributed by atoms with van der Waals surface area (Å²) in [5.74, 6) is -1.49. The number of carbonyl (C=O) groups is 1. The molecule has 0 aliphatic rings. The van der Waals surface area contributed by atoms with Crippen LogP contribution in [0.5, 0.6) is 5.75 Å². The van der Waals surface area contributed by atoms with Gasteiger partial charge < -0.3 is 16.2 Å². The summed E-state index contributed by atoms with van der Waals surface area (Å²) in [6, 6.07) is 4.52. The number of nitrogens with two attached hydrogens (primary N) is 2. The van der Waals surface area contributed by atoms with E-state index in [4.69, 9.17) is 21.5 Å². The molecule has 0 bridgehead atoms. The Morgan fingerprint density at radius 1 is 1.62 bits per heavy atom. The molecule has 1 aromatic carbocycles. The van der Waals surface area contributed by atoms with Gasteiger partial charge in [0.15, 0.2) is 11.6 Å². The summed E-state index contributed by atoms with van der Waals surface area (Å²) in [6.07, 6.45) is 0. The number of halogens is 1. The van der Waals surface area contributed by atoms with E-state index in [1.54, 1.807) is 6.07 Å². The number of nitriles is 1. The zero-order valence-electron chi connectivity index (χ0n) is 8.31. The molecule has 16 heavy (non-hydrogen) atoms. The van der Waals surface area contributed by atoms with Crippen LogP contribution in [0.1, 0.15) is 5.56 Å². The Morgan fingerprint density at radius 3 is 2.81 bits per heavy atom. The number of carbonyl (C=O) groups excluding carboxylic acids is 1. The minimum absolute atomic E-state index is 0.0734. The predicted octanol–water partition coefficient (Wildman–Crippen LogP) is -0.111. The van der Waals surface area contributed by atoms with Crippen molar-refractivity contribution in [1.29, 1.82) is 5.26 Å². The van der Waals surface area contributed by atoms with Crippen LogP contribution < -0.4 is 16.2 Å². The molecule has 4 N–H and O–H groups in total. The van der Waals surface area contributed by atoms with E-state index in [9.17, 15) is 9.18 Å². The van der Waals surface area contributed by atoms with Crippen molar-refractivity contribution >= 4 is 5.91 Å². The second-order valence-electron chi connectivity index (χ2n) is 3.08. The minimum Gasteiger partial charge on any atom is -0.488 e. The number of amides is 1. The zero-order chi connectivity index (χ0) is 12.1. The molecule has 0 aliphatic carbocycles. The topological polar surface area (TPSA) is 102 Å². The van der Waals surface area contributed by atoms with Crippen LogP contribution in [0.25, 0.3) is 0 Å². The van der Waals surface area contributed by atoms with E-state index < -0.39 is 17.8 Å². The van der Waals surface area contributed by atoms with Crippen LogP contribution in [0, 0.1) is 17.1 Å². The molecule has 0 saturated heterocycles. The lowest BCUT2D eigenvalue weighted by Gasteiger charge is -2.10. The summed E-state index contributed by atoms with van der Waals surface area (Å²) >= 11 is 0. The van der Waals surface area contributed by atoms with E-state index in [0.29, 0.717) is 0 Å². The molecular weight excluding hydrogens is 213 g/mol. The van der Waals surface area contributed by atoms with Crippen LogP contribution in [0.3, 0.4) is 0 Å². The van der Waals surface area contributed by atoms with Gasteiger partial charge in [-0.15, -0.1) is 0 Å². The van der Waals surface area contributed by atoms with Crippen LogP contribution in [0.15, 0.2) is 18.2 Å². The number of hydrogen-bond donors (Lipinski definition) is 2. The molecule has 1 unspecified atom stereocenters. The molecule has 84 valence electrons. The van der Waals surface area contributed by atoms with E-state index in [1.807, 2.05) is 0 Å². The summed E-state index contributed by atoms with van der Waals surface area (Å²) in [5, 5.41) is 8.51. The summed E-state index contributed by atoms with van der Waals surface area (Å²) in [4.78, 5) is 10.6. The van der Waals surface area contributed by atoms with Gasteiger partial charge in [0.1, 0.15) is 12.6 Å². The average molecular weight is 223 g/mol. The number of benzene rings is 1. The second-order valence-corrected chi connectivity index (χ2v) is 3.08. The third-order valence-corrected chi connectivity index (χ3v) is 1.84. The molecule has 0 saturated carbocycles. The number of hydrogen-bond acceptors (Lipinski definition) is 4. The number of ether oxygens (including phenoxy) is 1. The van der Waals surface area contributed by atoms with Gasteiger partial charge in [-0.25, -0.2) is 4.39 Å². The predicted molar refractivity (Wildman–Crippen MR) is 53.8 cm³/mol. The van der Waals surface area contributed by atoms with Gasteiger partial charge in [0.25, 0.3) is 0 Å². The van der Waals surface area contributed by atoms with Crippen molar-refractivity contribution in [3.8, 4) is 11.8 Å². The summed E-state index contributed by atoms with van der Waals surface area (Å²) in [6.45, 7) is -0.210. The molecule has 1 atom stereocenters. The third-order valence-electron chi connectivity index (χ3n) is 1.84. The van der Waals surface area contributed by atoms with E-state index in [1.165, 1.54) is 12.1 Å². The average Bonchev–Trinajstić information content (AvgIpc) is 2.26. The highest BCUT2D eigenvalue weighted by molar-refractivity contribution is 5.79. The van der Waals surface area contributed by atoms with Gasteiger partial charge in [0, 0.05) is 0 Å². The minimum atomic E-state index is -0.991. The lowest BCUT2D eigenvalue weighted by molar-refractivity contribution is -0.119. The largest absolute Gasteiger partial charge is 0.488 e. The second kappa shape index (κ2) is 5.09. The Labute approximate surface area is 91.4 Å². The fourth-order valence-electron chi connectivity index (χ4n) is 0.949. The maximum atomic E-state index is 13.3. The van der Waals surface area contributed by atoms with Gasteiger partial charge in [0.05, 0.1) is 11.6 Å². The van der Waals surface area contributed by atoms with E-state index in [-0.39, 0.29) is 17.9 Å². The molecule has 0 aromatic heterocycles. The van der Waals surface area contributed by atoms with Gasteiger partial charge in [-0.1, -0.05) is 0 Å². The molecule has 1 rings (SSSR count). The first-order chi connectivity index (χ1) is 7.54. The van der Waals surface area contributed by atoms with Crippen molar-refractivity contribution in [3.63, 3.8) is 0 Å². The normalized spacial score (nSPS) is 11.6. The van der Waals surface area contributed by atoms with Crippen LogP contribution >= 0.6 is 0 Å². The van der Waals surface area contributed by atoms with E-state index >= 15 is 0 Å². The van der Waals surface area contributed by atoms with Crippen molar-refractivity contribution in [2.75, 3.05) is 6.61 Å². The quantitative estimate of drug-likeness (QED) is 0.743. The Kier molecular flexibility index (Phi) is 3.80. The number of rotatable bonds is 4. The molecule has 1 amide bonds. The monoisotopic (exact) mass is 223 g/mol. The third kappa shape index (κ3) is 2.93. The van der Waals surface area contributed by atoms with Crippen LogP contribution in [-0.4, -0.2) is 18.6 Å². The first-order valence-electron chi connectivity index (χ1n) is 4.42. The highest BCUT2D eigenvalue weighted by Crippen LogP contribution is 2.17. The van der Waals surface area contributed by atoms with Crippen molar-refractivity contribution in [3.05, 3.63) is 29.6 Å². The van der Waals surface area contributed by atoms with Crippen LogP contribution in [0.4, 0.5) is 4.39 Å². The molecule has 6 heteroatoms. The molecule has 0 radical (unpaired) electrons. The molecule has 1 aromatic rings. The van der Waals surface area contributed by atoms with Crippen molar-refractivity contribution in [1.82, 2.24) is 0 Å². The van der Waals surface area contributed by atoms with Crippen LogP contribution in [0.2, 0.25) is 0 Å². The Hall–Kier alpha value is -2.13. The van der Waals surface area contributed by atoms with Gasteiger partial charge in [-0.2, -0.15) is 5.26 Å². The van der Waals surface area contributed by atoms with Gasteiger partial charge in [0.2, 0.25) is 5.91 Å². The molecule has 0 spiro atoms. The van der Waals surface area contributed by atoms with Gasteiger partial charge in [-0.3, -0.25) is 4.79 Å². The first kappa shape index (κ1) is 11.9. The number of primary amides is 1. The van der Waals surface area contributed by atoms with Crippen molar-refractivity contribution < 1.29 is 13.9 Å². The summed E-state index contributed by atoms with van der Waals surface area (Å²) in [5.41, 5.74) is 10.4. The standard InChI is InChI=1S/C10H10FN3O2/c11-7-3-6(4-12)1-2-9(7)16-5-8(13)10(14)15/h1-3,8H,5,13H2,(H2,14,15). The lowest BCUT2D eigenvalue weighted by Crippen LogP contribution is -2.41. The highest BCUT2D eigenvalue weighted by Gasteiger charge is 2.11. The fraction of sp³-hybridized carbons (Fsp3) is 0.200. The number of nitrogens with zero attached hydrogens (tertiary/aromatic N) is 1. The van der Waals surface area contributed by atoms with E-state index in [0.717, 1.165) is 6.07 Å².